The van der Waals surface area contributed by atoms with Gasteiger partial charge in [0, 0.05) is 11.1 Å². The molecule has 0 saturated heterocycles. The van der Waals surface area contributed by atoms with E-state index in [1.54, 1.807) is 0 Å². The Morgan fingerprint density at radius 1 is 0.679 bits per heavy atom. The summed E-state index contributed by atoms with van der Waals surface area (Å²) in [6.45, 7) is 4.78. The summed E-state index contributed by atoms with van der Waals surface area (Å²) < 4.78 is 0. The Morgan fingerprint density at radius 2 is 1.04 bits per heavy atom. The molecule has 2 amide bonds. The van der Waals surface area contributed by atoms with Gasteiger partial charge in [-0.2, -0.15) is 0 Å². The van der Waals surface area contributed by atoms with Crippen LogP contribution in [-0.2, 0) is 0 Å². The smallest absolute Gasteiger partial charge is 0.315 e. The van der Waals surface area contributed by atoms with Crippen molar-refractivity contribution < 1.29 is 4.79 Å². The number of rotatable bonds is 4. The van der Waals surface area contributed by atoms with Gasteiger partial charge in [-0.1, -0.05) is 26.7 Å². The lowest BCUT2D eigenvalue weighted by molar-refractivity contribution is -0.0857. The van der Waals surface area contributed by atoms with Crippen LogP contribution < -0.4 is 10.6 Å². The van der Waals surface area contributed by atoms with Gasteiger partial charge in [0.2, 0.25) is 0 Å². The highest BCUT2D eigenvalue weighted by atomic mass is 16.2. The van der Waals surface area contributed by atoms with Crippen LogP contribution in [0.2, 0.25) is 0 Å². The number of carbonyl (C=O) groups is 1. The molecule has 28 heavy (non-hydrogen) atoms. The van der Waals surface area contributed by atoms with Crippen LogP contribution >= 0.6 is 0 Å². The lowest BCUT2D eigenvalue weighted by atomic mass is 9.46. The molecular formula is C25H40N2O. The minimum atomic E-state index is 0.106. The van der Waals surface area contributed by atoms with Gasteiger partial charge in [0.05, 0.1) is 0 Å². The van der Waals surface area contributed by atoms with Gasteiger partial charge >= 0.3 is 6.03 Å². The maximum Gasteiger partial charge on any atom is 0.315 e. The predicted molar refractivity (Wildman–Crippen MR) is 112 cm³/mol. The molecule has 8 rings (SSSR count). The van der Waals surface area contributed by atoms with E-state index < -0.39 is 0 Å². The molecule has 0 radical (unpaired) electrons. The first-order valence-electron chi connectivity index (χ1n) is 12.5. The molecule has 2 N–H and O–H groups in total. The van der Waals surface area contributed by atoms with Gasteiger partial charge in [-0.15, -0.1) is 0 Å². The predicted octanol–water partition coefficient (Wildman–Crippen LogP) is 5.78. The molecule has 0 heterocycles. The van der Waals surface area contributed by atoms with Crippen LogP contribution in [0.25, 0.3) is 0 Å². The third-order valence-corrected chi connectivity index (χ3v) is 10.6. The summed E-state index contributed by atoms with van der Waals surface area (Å²) in [5, 5.41) is 7.28. The quantitative estimate of drug-likeness (QED) is 0.633. The normalized spacial score (nSPS) is 55.5. The van der Waals surface area contributed by atoms with E-state index in [1.807, 2.05) is 0 Å². The molecule has 8 aliphatic rings. The monoisotopic (exact) mass is 384 g/mol. The molecule has 0 spiro atoms. The van der Waals surface area contributed by atoms with Gasteiger partial charge in [-0.05, 0) is 112 Å². The van der Waals surface area contributed by atoms with Crippen LogP contribution in [0.1, 0.15) is 104 Å². The molecule has 0 aromatic carbocycles. The average molecular weight is 385 g/mol. The number of urea groups is 1. The van der Waals surface area contributed by atoms with Crippen LogP contribution in [0.3, 0.4) is 0 Å². The van der Waals surface area contributed by atoms with Crippen LogP contribution in [0.15, 0.2) is 0 Å². The van der Waals surface area contributed by atoms with Crippen LogP contribution in [0.5, 0.6) is 0 Å². The van der Waals surface area contributed by atoms with Crippen molar-refractivity contribution in [1.82, 2.24) is 10.6 Å². The molecule has 3 heteroatoms. The molecule has 8 saturated carbocycles. The van der Waals surface area contributed by atoms with Gasteiger partial charge in [-0.3, -0.25) is 0 Å². The maximum atomic E-state index is 13.4. The molecule has 0 aromatic rings. The average Bonchev–Trinajstić information content (AvgIpc) is 2.58. The zero-order valence-electron chi connectivity index (χ0n) is 18.1. The summed E-state index contributed by atoms with van der Waals surface area (Å²) in [5.74, 6) is 3.46. The minimum Gasteiger partial charge on any atom is -0.333 e. The van der Waals surface area contributed by atoms with Gasteiger partial charge in [0.15, 0.2) is 0 Å². The Morgan fingerprint density at radius 3 is 1.36 bits per heavy atom. The second-order valence-corrected chi connectivity index (χ2v) is 12.8. The lowest BCUT2D eigenvalue weighted by Gasteiger charge is -2.63. The summed E-state index contributed by atoms with van der Waals surface area (Å²) in [6.07, 6.45) is 18.6. The molecule has 156 valence electrons. The first kappa shape index (κ1) is 18.1. The van der Waals surface area contributed by atoms with Crippen molar-refractivity contribution in [2.45, 2.75) is 115 Å². The van der Waals surface area contributed by atoms with Crippen molar-refractivity contribution in [1.29, 1.82) is 0 Å². The number of nitrogens with one attached hydrogen (secondary N) is 2. The van der Waals surface area contributed by atoms with Crippen molar-refractivity contribution in [2.75, 3.05) is 0 Å². The topological polar surface area (TPSA) is 41.1 Å². The van der Waals surface area contributed by atoms with Crippen LogP contribution in [0, 0.1) is 34.5 Å². The number of hydrogen-bond donors (Lipinski definition) is 2. The fraction of sp³-hybridized carbons (Fsp3) is 0.960. The largest absolute Gasteiger partial charge is 0.333 e. The van der Waals surface area contributed by atoms with E-state index in [1.165, 1.54) is 89.9 Å². The summed E-state index contributed by atoms with van der Waals surface area (Å²) in [7, 11) is 0. The SMILES string of the molecule is CCC12C[C@H]3C[C@@H](C1)CC(NC(=O)NC14C[C@H]5C[C@@H](CC(CC)(C5)C1)C4)(C3)C2. The number of hydrogen-bond acceptors (Lipinski definition) is 1. The van der Waals surface area contributed by atoms with Gasteiger partial charge < -0.3 is 10.6 Å². The molecule has 0 aliphatic heterocycles. The fourth-order valence-electron chi connectivity index (χ4n) is 10.5. The molecule has 8 bridgehead atoms. The van der Waals surface area contributed by atoms with E-state index in [4.69, 9.17) is 0 Å². The summed E-state index contributed by atoms with van der Waals surface area (Å²) in [4.78, 5) is 13.4. The molecular weight excluding hydrogens is 344 g/mol. The van der Waals surface area contributed by atoms with E-state index in [0.29, 0.717) is 10.8 Å². The van der Waals surface area contributed by atoms with E-state index in [0.717, 1.165) is 23.7 Å². The van der Waals surface area contributed by atoms with Crippen molar-refractivity contribution in [3.05, 3.63) is 0 Å². The highest BCUT2D eigenvalue weighted by molar-refractivity contribution is 5.76. The Balaban J connectivity index is 1.19. The number of carbonyl (C=O) groups excluding carboxylic acids is 1. The molecule has 6 atom stereocenters. The standard InChI is InChI=1S/C25H40N2O/c1-3-22-7-17-5-18(8-22)12-24(11-17,15-22)26-21(28)27-25-13-19-6-20(14-25)10-23(4-2,9-19)16-25/h17-20H,3-16H2,1-2H3,(H2,26,27,28)/t17-,18-,19-,20+,22?,23?,24?,25?/m0/s1. The molecule has 8 fully saturated rings. The second-order valence-electron chi connectivity index (χ2n) is 12.8. The maximum absolute atomic E-state index is 13.4. The van der Waals surface area contributed by atoms with E-state index in [2.05, 4.69) is 24.5 Å². The zero-order valence-corrected chi connectivity index (χ0v) is 18.1. The highest BCUT2D eigenvalue weighted by Crippen LogP contribution is 2.64. The van der Waals surface area contributed by atoms with E-state index >= 15 is 0 Å². The van der Waals surface area contributed by atoms with Crippen molar-refractivity contribution >= 4 is 6.03 Å². The van der Waals surface area contributed by atoms with Crippen molar-refractivity contribution in [3.8, 4) is 0 Å². The van der Waals surface area contributed by atoms with E-state index in [-0.39, 0.29) is 17.1 Å². The molecule has 0 aromatic heterocycles. The summed E-state index contributed by atoms with van der Waals surface area (Å²) in [5.41, 5.74) is 1.28. The van der Waals surface area contributed by atoms with Crippen LogP contribution in [0.4, 0.5) is 4.79 Å². The first-order valence-corrected chi connectivity index (χ1v) is 12.5. The third-order valence-electron chi connectivity index (χ3n) is 10.6. The van der Waals surface area contributed by atoms with Crippen molar-refractivity contribution in [3.63, 3.8) is 0 Å². The Kier molecular flexibility index (Phi) is 3.68. The summed E-state index contributed by atoms with van der Waals surface area (Å²) in [6, 6.07) is 0.182. The first-order chi connectivity index (χ1) is 13.4. The van der Waals surface area contributed by atoms with Gasteiger partial charge in [0.1, 0.15) is 0 Å². The van der Waals surface area contributed by atoms with Gasteiger partial charge in [0.25, 0.3) is 0 Å². The van der Waals surface area contributed by atoms with E-state index in [9.17, 15) is 4.79 Å². The Labute approximate surface area is 171 Å². The third kappa shape index (κ3) is 2.63. The molecule has 3 nitrogen and oxygen atoms in total. The lowest BCUT2D eigenvalue weighted by Crippen LogP contribution is -2.68. The van der Waals surface area contributed by atoms with Crippen molar-refractivity contribution in [2.24, 2.45) is 34.5 Å². The van der Waals surface area contributed by atoms with Gasteiger partial charge in [-0.25, -0.2) is 4.79 Å². The molecule has 8 aliphatic carbocycles. The van der Waals surface area contributed by atoms with Crippen LogP contribution in [-0.4, -0.2) is 17.1 Å². The highest BCUT2D eigenvalue weighted by Gasteiger charge is 2.59. The second kappa shape index (κ2) is 5.70. The Bertz CT molecular complexity index is 600. The minimum absolute atomic E-state index is 0.106. The molecule has 2 unspecified atom stereocenters. The fourth-order valence-corrected chi connectivity index (χ4v) is 10.5. The Hall–Kier alpha value is -0.730. The number of amides is 2. The summed E-state index contributed by atoms with van der Waals surface area (Å²) >= 11 is 0. The zero-order chi connectivity index (χ0) is 19.2.